The van der Waals surface area contributed by atoms with Gasteiger partial charge in [-0.25, -0.2) is 4.39 Å². The summed E-state index contributed by atoms with van der Waals surface area (Å²) in [5.74, 6) is 0.363. The first-order valence-corrected chi connectivity index (χ1v) is 5.66. The third kappa shape index (κ3) is 1.78. The van der Waals surface area contributed by atoms with E-state index in [0.29, 0.717) is 12.2 Å². The minimum absolute atomic E-state index is 0.118. The van der Waals surface area contributed by atoms with Crippen molar-refractivity contribution in [1.29, 1.82) is 0 Å². The van der Waals surface area contributed by atoms with E-state index in [-0.39, 0.29) is 17.2 Å². The molecule has 0 aliphatic heterocycles. The molecule has 0 bridgehead atoms. The molecule has 3 rings (SSSR count). The lowest BCUT2D eigenvalue weighted by Gasteiger charge is -2.08. The summed E-state index contributed by atoms with van der Waals surface area (Å²) >= 11 is 0. The largest absolute Gasteiger partial charge is 0.453 e. The molecule has 3 heteroatoms. The Hall–Kier alpha value is -1.90. The van der Waals surface area contributed by atoms with Gasteiger partial charge in [0, 0.05) is 11.8 Å². The van der Waals surface area contributed by atoms with Gasteiger partial charge in [-0.1, -0.05) is 12.1 Å². The lowest BCUT2D eigenvalue weighted by Crippen LogP contribution is -2.01. The van der Waals surface area contributed by atoms with Crippen LogP contribution in [0.3, 0.4) is 0 Å². The van der Waals surface area contributed by atoms with Crippen LogP contribution in [0, 0.1) is 5.82 Å². The second kappa shape index (κ2) is 3.84. The Kier molecular flexibility index (Phi) is 2.32. The van der Waals surface area contributed by atoms with Crippen LogP contribution in [0.1, 0.15) is 25.0 Å². The van der Waals surface area contributed by atoms with Gasteiger partial charge in [0.05, 0.1) is 0 Å². The van der Waals surface area contributed by atoms with Crippen LogP contribution in [0.15, 0.2) is 34.8 Å². The summed E-state index contributed by atoms with van der Waals surface area (Å²) in [6.45, 7) is 0. The van der Waals surface area contributed by atoms with E-state index in [1.54, 1.807) is 24.3 Å². The highest BCUT2D eigenvalue weighted by molar-refractivity contribution is 5.98. The third-order valence-corrected chi connectivity index (χ3v) is 3.02. The fraction of sp³-hybridized carbons (Fsp3) is 0.214. The van der Waals surface area contributed by atoms with Gasteiger partial charge in [-0.05, 0) is 36.6 Å². The second-order valence-electron chi connectivity index (χ2n) is 4.26. The van der Waals surface area contributed by atoms with Gasteiger partial charge >= 0.3 is 0 Å². The van der Waals surface area contributed by atoms with Crippen molar-refractivity contribution in [2.45, 2.75) is 19.3 Å². The molecular weight excluding hydrogens is 219 g/mol. The number of ketones is 1. The van der Waals surface area contributed by atoms with Crippen molar-refractivity contribution in [2.75, 3.05) is 0 Å². The molecule has 1 aliphatic rings. The van der Waals surface area contributed by atoms with E-state index in [9.17, 15) is 9.18 Å². The van der Waals surface area contributed by atoms with Gasteiger partial charge in [0.15, 0.2) is 17.2 Å². The number of para-hydroxylation sites is 1. The van der Waals surface area contributed by atoms with E-state index in [0.717, 1.165) is 23.8 Å². The molecule has 2 nitrogen and oxygen atoms in total. The number of benzene rings is 1. The highest BCUT2D eigenvalue weighted by Crippen LogP contribution is 2.31. The average molecular weight is 230 g/mol. The molecule has 0 spiro atoms. The van der Waals surface area contributed by atoms with Gasteiger partial charge in [0.2, 0.25) is 0 Å². The number of carbonyl (C=O) groups excluding carboxylic acids is 1. The molecule has 1 aromatic carbocycles. The fourth-order valence-electron chi connectivity index (χ4n) is 2.17. The Balaban J connectivity index is 2.12. The fourth-order valence-corrected chi connectivity index (χ4v) is 2.17. The zero-order chi connectivity index (χ0) is 11.8. The SMILES string of the molecule is O=C1C=C(c2cc3cccc(F)c3o2)CCC1. The molecule has 0 saturated carbocycles. The van der Waals surface area contributed by atoms with Crippen molar-refractivity contribution in [3.63, 3.8) is 0 Å². The molecule has 0 amide bonds. The van der Waals surface area contributed by atoms with Gasteiger partial charge < -0.3 is 4.42 Å². The van der Waals surface area contributed by atoms with E-state index >= 15 is 0 Å². The lowest BCUT2D eigenvalue weighted by molar-refractivity contribution is -0.114. The van der Waals surface area contributed by atoms with Gasteiger partial charge in [0.1, 0.15) is 5.76 Å². The Labute approximate surface area is 97.7 Å². The van der Waals surface area contributed by atoms with Crippen LogP contribution in [0.2, 0.25) is 0 Å². The smallest absolute Gasteiger partial charge is 0.170 e. The number of allylic oxidation sites excluding steroid dienone is 2. The van der Waals surface area contributed by atoms with E-state index in [4.69, 9.17) is 4.42 Å². The number of hydrogen-bond acceptors (Lipinski definition) is 2. The molecule has 0 N–H and O–H groups in total. The summed E-state index contributed by atoms with van der Waals surface area (Å²) in [5.41, 5.74) is 1.14. The van der Waals surface area contributed by atoms with Crippen LogP contribution in [-0.4, -0.2) is 5.78 Å². The highest BCUT2D eigenvalue weighted by atomic mass is 19.1. The summed E-state index contributed by atoms with van der Waals surface area (Å²) in [4.78, 5) is 11.3. The number of carbonyl (C=O) groups is 1. The van der Waals surface area contributed by atoms with Crippen LogP contribution < -0.4 is 0 Å². The maximum atomic E-state index is 13.5. The highest BCUT2D eigenvalue weighted by Gasteiger charge is 2.16. The van der Waals surface area contributed by atoms with E-state index in [2.05, 4.69) is 0 Å². The molecule has 1 aromatic heterocycles. The van der Waals surface area contributed by atoms with Crippen LogP contribution in [-0.2, 0) is 4.79 Å². The second-order valence-corrected chi connectivity index (χ2v) is 4.26. The Morgan fingerprint density at radius 3 is 2.88 bits per heavy atom. The monoisotopic (exact) mass is 230 g/mol. The van der Waals surface area contributed by atoms with E-state index in [1.165, 1.54) is 6.07 Å². The van der Waals surface area contributed by atoms with Crippen molar-refractivity contribution in [3.8, 4) is 0 Å². The molecule has 1 heterocycles. The molecule has 2 aromatic rings. The summed E-state index contributed by atoms with van der Waals surface area (Å²) in [7, 11) is 0. The molecule has 0 atom stereocenters. The van der Waals surface area contributed by atoms with E-state index < -0.39 is 0 Å². The van der Waals surface area contributed by atoms with Crippen molar-refractivity contribution < 1.29 is 13.6 Å². The zero-order valence-corrected chi connectivity index (χ0v) is 9.20. The van der Waals surface area contributed by atoms with Crippen LogP contribution in [0.4, 0.5) is 4.39 Å². The molecule has 17 heavy (non-hydrogen) atoms. The number of fused-ring (bicyclic) bond motifs is 1. The van der Waals surface area contributed by atoms with E-state index in [1.807, 2.05) is 0 Å². The summed E-state index contributed by atoms with van der Waals surface area (Å²) < 4.78 is 19.0. The molecule has 0 radical (unpaired) electrons. The molecule has 0 fully saturated rings. The van der Waals surface area contributed by atoms with Gasteiger partial charge in [-0.15, -0.1) is 0 Å². The number of rotatable bonds is 1. The third-order valence-electron chi connectivity index (χ3n) is 3.02. The van der Waals surface area contributed by atoms with Crippen LogP contribution >= 0.6 is 0 Å². The average Bonchev–Trinajstić information content (AvgIpc) is 2.74. The summed E-state index contributed by atoms with van der Waals surface area (Å²) in [6.07, 6.45) is 3.86. The Morgan fingerprint density at radius 1 is 1.24 bits per heavy atom. The maximum Gasteiger partial charge on any atom is 0.170 e. The minimum Gasteiger partial charge on any atom is -0.453 e. The van der Waals surface area contributed by atoms with Crippen molar-refractivity contribution >= 4 is 22.3 Å². The number of halogens is 1. The first kappa shape index (κ1) is 10.3. The number of furan rings is 1. The normalized spacial score (nSPS) is 16.3. The molecule has 1 aliphatic carbocycles. The van der Waals surface area contributed by atoms with Crippen molar-refractivity contribution in [3.05, 3.63) is 41.9 Å². The molecule has 0 unspecified atom stereocenters. The number of hydrogen-bond donors (Lipinski definition) is 0. The maximum absolute atomic E-state index is 13.5. The van der Waals surface area contributed by atoms with Crippen LogP contribution in [0.25, 0.3) is 16.5 Å². The van der Waals surface area contributed by atoms with Gasteiger partial charge in [-0.3, -0.25) is 4.79 Å². The first-order valence-electron chi connectivity index (χ1n) is 5.66. The first-order chi connectivity index (χ1) is 8.24. The minimum atomic E-state index is -0.364. The Bertz CT molecular complexity index is 622. The van der Waals surface area contributed by atoms with Gasteiger partial charge in [-0.2, -0.15) is 0 Å². The predicted molar refractivity (Wildman–Crippen MR) is 63.0 cm³/mol. The zero-order valence-electron chi connectivity index (χ0n) is 9.20. The lowest BCUT2D eigenvalue weighted by atomic mass is 9.97. The molecule has 86 valence electrons. The van der Waals surface area contributed by atoms with Crippen molar-refractivity contribution in [2.24, 2.45) is 0 Å². The van der Waals surface area contributed by atoms with Crippen molar-refractivity contribution in [1.82, 2.24) is 0 Å². The Morgan fingerprint density at radius 2 is 2.12 bits per heavy atom. The quantitative estimate of drug-likeness (QED) is 0.747. The summed E-state index contributed by atoms with van der Waals surface area (Å²) in [5, 5.41) is 0.735. The predicted octanol–water partition coefficient (Wildman–Crippen LogP) is 3.71. The molecule has 0 saturated heterocycles. The van der Waals surface area contributed by atoms with Crippen LogP contribution in [0.5, 0.6) is 0 Å². The summed E-state index contributed by atoms with van der Waals surface area (Å²) in [6, 6.07) is 6.62. The molecular formula is C14H11FO2. The van der Waals surface area contributed by atoms with Gasteiger partial charge in [0.25, 0.3) is 0 Å². The standard InChI is InChI=1S/C14H11FO2/c15-12-6-2-4-10-8-13(17-14(10)12)9-3-1-5-11(16)7-9/h2,4,6-8H,1,3,5H2. The topological polar surface area (TPSA) is 30.2 Å².